The van der Waals surface area contributed by atoms with Crippen LogP contribution >= 0.6 is 11.8 Å². The van der Waals surface area contributed by atoms with Crippen LogP contribution in [0.4, 0.5) is 11.4 Å². The van der Waals surface area contributed by atoms with Gasteiger partial charge in [-0.2, -0.15) is 5.10 Å². The summed E-state index contributed by atoms with van der Waals surface area (Å²) >= 11 is 1.25. The van der Waals surface area contributed by atoms with Crippen LogP contribution in [0.3, 0.4) is 0 Å². The van der Waals surface area contributed by atoms with Gasteiger partial charge in [0.25, 0.3) is 5.69 Å². The van der Waals surface area contributed by atoms with E-state index in [1.807, 2.05) is 0 Å². The van der Waals surface area contributed by atoms with E-state index in [-0.39, 0.29) is 23.1 Å². The number of hydrogen-bond donors (Lipinski definition) is 1. The lowest BCUT2D eigenvalue weighted by Gasteiger charge is -2.09. The summed E-state index contributed by atoms with van der Waals surface area (Å²) in [6, 6.07) is 3.99. The first-order valence-electron chi connectivity index (χ1n) is 7.37. The molecule has 134 valence electrons. The third kappa shape index (κ3) is 3.57. The number of carbonyl (C=O) groups is 1. The molecular weight excluding hydrogens is 360 g/mol. The first-order valence-corrected chi connectivity index (χ1v) is 8.36. The standard InChI is InChI=1S/C15H14N6O4S/c1-20-14-10(6-18-20)15(17-8-16-14)26-7-13(22)19-11-4-3-9(21(23)24)5-12(11)25-2/h3-6,8H,7H2,1-2H3,(H,19,22). The molecule has 0 spiro atoms. The lowest BCUT2D eigenvalue weighted by molar-refractivity contribution is -0.384. The Bertz CT molecular complexity index is 989. The predicted octanol–water partition coefficient (Wildman–Crippen LogP) is 2.01. The second-order valence-corrected chi connectivity index (χ2v) is 6.13. The van der Waals surface area contributed by atoms with Crippen molar-refractivity contribution in [3.63, 3.8) is 0 Å². The summed E-state index contributed by atoms with van der Waals surface area (Å²) in [5, 5.41) is 19.0. The summed E-state index contributed by atoms with van der Waals surface area (Å²) in [5.41, 5.74) is 0.923. The molecule has 2 heterocycles. The molecule has 10 nitrogen and oxygen atoms in total. The fourth-order valence-electron chi connectivity index (χ4n) is 2.27. The first kappa shape index (κ1) is 17.6. The van der Waals surface area contributed by atoms with Crippen LogP contribution in [0.2, 0.25) is 0 Å². The molecule has 0 fully saturated rings. The molecular formula is C15H14N6O4S. The second kappa shape index (κ2) is 7.35. The summed E-state index contributed by atoms with van der Waals surface area (Å²) < 4.78 is 6.73. The molecule has 0 bridgehead atoms. The van der Waals surface area contributed by atoms with Crippen molar-refractivity contribution >= 4 is 40.1 Å². The Kier molecular flexibility index (Phi) is 4.98. The van der Waals surface area contributed by atoms with Crippen LogP contribution in [0.15, 0.2) is 35.7 Å². The Morgan fingerprint density at radius 1 is 1.42 bits per heavy atom. The van der Waals surface area contributed by atoms with Gasteiger partial charge in [0, 0.05) is 13.1 Å². The fraction of sp³-hybridized carbons (Fsp3) is 0.200. The van der Waals surface area contributed by atoms with Gasteiger partial charge < -0.3 is 10.1 Å². The number of aryl methyl sites for hydroxylation is 1. The molecule has 0 aliphatic heterocycles. The molecule has 11 heteroatoms. The van der Waals surface area contributed by atoms with Gasteiger partial charge in [-0.25, -0.2) is 9.97 Å². The fourth-order valence-corrected chi connectivity index (χ4v) is 3.03. The highest BCUT2D eigenvalue weighted by Crippen LogP contribution is 2.29. The Morgan fingerprint density at radius 2 is 2.23 bits per heavy atom. The minimum atomic E-state index is -0.530. The maximum absolute atomic E-state index is 12.2. The Labute approximate surface area is 151 Å². The van der Waals surface area contributed by atoms with Gasteiger partial charge >= 0.3 is 0 Å². The minimum absolute atomic E-state index is 0.0984. The molecule has 3 aromatic rings. The first-order chi connectivity index (χ1) is 12.5. The highest BCUT2D eigenvalue weighted by Gasteiger charge is 2.15. The van der Waals surface area contributed by atoms with E-state index in [0.29, 0.717) is 16.4 Å². The minimum Gasteiger partial charge on any atom is -0.494 e. The van der Waals surface area contributed by atoms with Gasteiger partial charge in [0.15, 0.2) is 5.65 Å². The van der Waals surface area contributed by atoms with Gasteiger partial charge in [0.2, 0.25) is 5.91 Å². The molecule has 3 rings (SSSR count). The van der Waals surface area contributed by atoms with Crippen molar-refractivity contribution in [3.05, 3.63) is 40.8 Å². The van der Waals surface area contributed by atoms with Crippen molar-refractivity contribution in [1.82, 2.24) is 19.7 Å². The van der Waals surface area contributed by atoms with Gasteiger partial charge in [-0.05, 0) is 6.07 Å². The van der Waals surface area contributed by atoms with Gasteiger partial charge in [-0.1, -0.05) is 11.8 Å². The molecule has 1 N–H and O–H groups in total. The third-order valence-corrected chi connectivity index (χ3v) is 4.51. The maximum Gasteiger partial charge on any atom is 0.273 e. The zero-order chi connectivity index (χ0) is 18.7. The molecule has 2 aromatic heterocycles. The summed E-state index contributed by atoms with van der Waals surface area (Å²) in [6.45, 7) is 0. The van der Waals surface area contributed by atoms with Crippen molar-refractivity contribution < 1.29 is 14.5 Å². The SMILES string of the molecule is COc1cc([N+](=O)[O-])ccc1NC(=O)CSc1ncnc2c1cnn2C. The van der Waals surface area contributed by atoms with Crippen molar-refractivity contribution in [2.75, 3.05) is 18.2 Å². The normalized spacial score (nSPS) is 10.7. The van der Waals surface area contributed by atoms with E-state index in [1.54, 1.807) is 17.9 Å². The molecule has 26 heavy (non-hydrogen) atoms. The number of aromatic nitrogens is 4. The van der Waals surface area contributed by atoms with Crippen LogP contribution in [0.1, 0.15) is 0 Å². The summed E-state index contributed by atoms with van der Waals surface area (Å²) in [4.78, 5) is 30.8. The molecule has 0 saturated carbocycles. The van der Waals surface area contributed by atoms with Gasteiger partial charge in [-0.3, -0.25) is 19.6 Å². The Balaban J connectivity index is 1.70. The predicted molar refractivity (Wildman–Crippen MR) is 95.3 cm³/mol. The molecule has 0 saturated heterocycles. The van der Waals surface area contributed by atoms with E-state index in [1.165, 1.54) is 43.4 Å². The van der Waals surface area contributed by atoms with Crippen LogP contribution in [-0.4, -0.2) is 43.4 Å². The van der Waals surface area contributed by atoms with Crippen LogP contribution in [0.25, 0.3) is 11.0 Å². The lowest BCUT2D eigenvalue weighted by atomic mass is 10.2. The second-order valence-electron chi connectivity index (χ2n) is 5.16. The number of carbonyl (C=O) groups excluding carboxylic acids is 1. The van der Waals surface area contributed by atoms with Gasteiger partial charge in [0.1, 0.15) is 17.1 Å². The molecule has 1 amide bonds. The lowest BCUT2D eigenvalue weighted by Crippen LogP contribution is -2.15. The number of nitro groups is 1. The third-order valence-electron chi connectivity index (χ3n) is 3.50. The molecule has 0 radical (unpaired) electrons. The van der Waals surface area contributed by atoms with Crippen molar-refractivity contribution in [3.8, 4) is 5.75 Å². The topological polar surface area (TPSA) is 125 Å². The van der Waals surface area contributed by atoms with Crippen molar-refractivity contribution in [2.45, 2.75) is 5.03 Å². The number of anilines is 1. The van der Waals surface area contributed by atoms with E-state index >= 15 is 0 Å². The van der Waals surface area contributed by atoms with Gasteiger partial charge in [-0.15, -0.1) is 0 Å². The summed E-state index contributed by atoms with van der Waals surface area (Å²) in [5.74, 6) is 0.0215. The highest BCUT2D eigenvalue weighted by atomic mass is 32.2. The number of non-ortho nitro benzene ring substituents is 1. The van der Waals surface area contributed by atoms with E-state index in [9.17, 15) is 14.9 Å². The van der Waals surface area contributed by atoms with Crippen LogP contribution in [0, 0.1) is 10.1 Å². The van der Waals surface area contributed by atoms with Gasteiger partial charge in [0.05, 0.1) is 41.1 Å². The van der Waals surface area contributed by atoms with Crippen molar-refractivity contribution in [2.24, 2.45) is 7.05 Å². The highest BCUT2D eigenvalue weighted by molar-refractivity contribution is 8.00. The number of fused-ring (bicyclic) bond motifs is 1. The monoisotopic (exact) mass is 374 g/mol. The quantitative estimate of drug-likeness (QED) is 0.301. The van der Waals surface area contributed by atoms with E-state index in [0.717, 1.165) is 5.39 Å². The summed E-state index contributed by atoms with van der Waals surface area (Å²) in [7, 11) is 3.15. The zero-order valence-corrected chi connectivity index (χ0v) is 14.7. The number of methoxy groups -OCH3 is 1. The van der Waals surface area contributed by atoms with E-state index in [4.69, 9.17) is 4.74 Å². The van der Waals surface area contributed by atoms with E-state index < -0.39 is 4.92 Å². The van der Waals surface area contributed by atoms with Crippen LogP contribution in [-0.2, 0) is 11.8 Å². The molecule has 0 atom stereocenters. The average Bonchev–Trinajstić information content (AvgIpc) is 3.02. The number of nitro benzene ring substituents is 1. The molecule has 0 aliphatic carbocycles. The number of benzene rings is 1. The molecule has 0 aliphatic rings. The number of nitrogens with one attached hydrogen (secondary N) is 1. The number of nitrogens with zero attached hydrogens (tertiary/aromatic N) is 5. The Morgan fingerprint density at radius 3 is 2.96 bits per heavy atom. The van der Waals surface area contributed by atoms with Crippen LogP contribution in [0.5, 0.6) is 5.75 Å². The number of rotatable bonds is 6. The zero-order valence-electron chi connectivity index (χ0n) is 13.9. The average molecular weight is 374 g/mol. The smallest absolute Gasteiger partial charge is 0.273 e. The van der Waals surface area contributed by atoms with Crippen molar-refractivity contribution in [1.29, 1.82) is 0 Å². The summed E-state index contributed by atoms with van der Waals surface area (Å²) in [6.07, 6.45) is 3.07. The molecule has 0 unspecified atom stereocenters. The number of hydrogen-bond acceptors (Lipinski definition) is 8. The molecule has 1 aromatic carbocycles. The van der Waals surface area contributed by atoms with E-state index in [2.05, 4.69) is 20.4 Å². The van der Waals surface area contributed by atoms with Crippen LogP contribution < -0.4 is 10.1 Å². The number of ether oxygens (including phenoxy) is 1. The number of thioether (sulfide) groups is 1. The maximum atomic E-state index is 12.2. The largest absolute Gasteiger partial charge is 0.494 e. The Hall–Kier alpha value is -3.21. The number of amides is 1.